The molecule has 0 spiro atoms. The lowest BCUT2D eigenvalue weighted by Gasteiger charge is -1.96. The first-order chi connectivity index (χ1) is 7.25. The highest BCUT2D eigenvalue weighted by atomic mass is 79.9. The molecule has 15 heavy (non-hydrogen) atoms. The maximum Gasteiger partial charge on any atom is 0.0888 e. The highest BCUT2D eigenvalue weighted by molar-refractivity contribution is 9.10. The number of nitrogens with zero attached hydrogens (tertiary/aromatic N) is 1. The van der Waals surface area contributed by atoms with E-state index in [0.717, 1.165) is 9.99 Å². The van der Waals surface area contributed by atoms with Crippen molar-refractivity contribution in [3.05, 3.63) is 40.5 Å². The Bertz CT molecular complexity index is 657. The second-order valence-electron chi connectivity index (χ2n) is 3.55. The van der Waals surface area contributed by atoms with E-state index in [4.69, 9.17) is 0 Å². The molecule has 3 rings (SSSR count). The van der Waals surface area contributed by atoms with Crippen molar-refractivity contribution in [2.24, 2.45) is 0 Å². The van der Waals surface area contributed by atoms with Gasteiger partial charge < -0.3 is 0 Å². The average Bonchev–Trinajstić information content (AvgIpc) is 2.57. The van der Waals surface area contributed by atoms with E-state index in [1.165, 1.54) is 20.3 Å². The lowest BCUT2D eigenvalue weighted by atomic mass is 10.2. The molecule has 0 aliphatic heterocycles. The molecule has 3 heteroatoms. The van der Waals surface area contributed by atoms with Gasteiger partial charge in [-0.25, -0.2) is 0 Å². The first kappa shape index (κ1) is 9.31. The Kier molecular flexibility index (Phi) is 2.04. The quantitative estimate of drug-likeness (QED) is 0.589. The molecule has 2 aromatic heterocycles. The molecule has 0 atom stereocenters. The van der Waals surface area contributed by atoms with Gasteiger partial charge >= 0.3 is 0 Å². The minimum Gasteiger partial charge on any atom is -0.255 e. The average molecular weight is 278 g/mol. The smallest absolute Gasteiger partial charge is 0.0888 e. The minimum absolute atomic E-state index is 1.11. The lowest BCUT2D eigenvalue weighted by molar-refractivity contribution is 1.43. The zero-order valence-electron chi connectivity index (χ0n) is 8.12. The third-order valence-corrected chi connectivity index (χ3v) is 4.23. The molecular formula is C12H8BrNS. The van der Waals surface area contributed by atoms with Crippen molar-refractivity contribution in [2.45, 2.75) is 6.92 Å². The molecule has 0 N–H and O–H groups in total. The van der Waals surface area contributed by atoms with Crippen molar-refractivity contribution >= 4 is 47.6 Å². The van der Waals surface area contributed by atoms with Crippen molar-refractivity contribution in [1.82, 2.24) is 4.98 Å². The molecule has 1 aromatic carbocycles. The number of thiophene rings is 1. The summed E-state index contributed by atoms with van der Waals surface area (Å²) in [5.41, 5.74) is 2.42. The van der Waals surface area contributed by atoms with Crippen LogP contribution in [0.1, 0.15) is 5.56 Å². The zero-order valence-corrected chi connectivity index (χ0v) is 10.5. The van der Waals surface area contributed by atoms with E-state index in [2.05, 4.69) is 46.0 Å². The summed E-state index contributed by atoms with van der Waals surface area (Å²) < 4.78 is 3.72. The molecule has 0 aliphatic rings. The fraction of sp³-hybridized carbons (Fsp3) is 0.0833. The van der Waals surface area contributed by atoms with Crippen LogP contribution < -0.4 is 0 Å². The van der Waals surface area contributed by atoms with E-state index in [1.807, 2.05) is 23.6 Å². The maximum atomic E-state index is 4.44. The van der Waals surface area contributed by atoms with Crippen LogP contribution in [0.25, 0.3) is 20.3 Å². The second-order valence-corrected chi connectivity index (χ2v) is 5.52. The fourth-order valence-electron chi connectivity index (χ4n) is 1.83. The maximum absolute atomic E-state index is 4.44. The molecule has 0 radical (unpaired) electrons. The zero-order chi connectivity index (χ0) is 10.4. The van der Waals surface area contributed by atoms with Gasteiger partial charge in [0, 0.05) is 20.8 Å². The van der Waals surface area contributed by atoms with Gasteiger partial charge in [-0.2, -0.15) is 0 Å². The highest BCUT2D eigenvalue weighted by Gasteiger charge is 2.08. The molecule has 0 saturated carbocycles. The van der Waals surface area contributed by atoms with E-state index in [0.29, 0.717) is 0 Å². The van der Waals surface area contributed by atoms with Crippen LogP contribution in [0.15, 0.2) is 34.9 Å². The first-order valence-electron chi connectivity index (χ1n) is 4.69. The number of halogens is 1. The molecule has 0 saturated heterocycles. The Labute approximate surface area is 99.9 Å². The van der Waals surface area contributed by atoms with Crippen molar-refractivity contribution in [3.8, 4) is 0 Å². The molecule has 0 unspecified atom stereocenters. The molecule has 0 amide bonds. The predicted molar refractivity (Wildman–Crippen MR) is 69.6 cm³/mol. The van der Waals surface area contributed by atoms with Crippen LogP contribution in [-0.4, -0.2) is 4.98 Å². The summed E-state index contributed by atoms with van der Waals surface area (Å²) in [5.74, 6) is 0. The predicted octanol–water partition coefficient (Wildman–Crippen LogP) is 4.52. The summed E-state index contributed by atoms with van der Waals surface area (Å²) in [7, 11) is 0. The van der Waals surface area contributed by atoms with Crippen molar-refractivity contribution in [1.29, 1.82) is 0 Å². The fourth-order valence-corrected chi connectivity index (χ4v) is 3.51. The molecule has 0 bridgehead atoms. The van der Waals surface area contributed by atoms with Gasteiger partial charge in [-0.1, -0.05) is 15.9 Å². The molecule has 1 nitrogen and oxygen atoms in total. The first-order valence-corrected chi connectivity index (χ1v) is 6.30. The Morgan fingerprint density at radius 2 is 2.20 bits per heavy atom. The van der Waals surface area contributed by atoms with Crippen LogP contribution in [0.2, 0.25) is 0 Å². The van der Waals surface area contributed by atoms with E-state index < -0.39 is 0 Å². The number of benzene rings is 1. The van der Waals surface area contributed by atoms with Crippen LogP contribution in [0.5, 0.6) is 0 Å². The topological polar surface area (TPSA) is 12.9 Å². The Balaban J connectivity index is 2.61. The summed E-state index contributed by atoms with van der Waals surface area (Å²) in [6.07, 6.45) is 1.85. The van der Waals surface area contributed by atoms with Gasteiger partial charge in [-0.3, -0.25) is 4.98 Å². The van der Waals surface area contributed by atoms with E-state index in [9.17, 15) is 0 Å². The second kappa shape index (κ2) is 3.29. The van der Waals surface area contributed by atoms with Gasteiger partial charge in [-0.15, -0.1) is 11.3 Å². The van der Waals surface area contributed by atoms with Gasteiger partial charge in [0.05, 0.1) is 10.2 Å². The van der Waals surface area contributed by atoms with Gasteiger partial charge in [-0.05, 0) is 36.8 Å². The number of rotatable bonds is 0. The van der Waals surface area contributed by atoms with E-state index in [-0.39, 0.29) is 0 Å². The summed E-state index contributed by atoms with van der Waals surface area (Å²) >= 11 is 5.34. The van der Waals surface area contributed by atoms with Crippen molar-refractivity contribution in [2.75, 3.05) is 0 Å². The summed E-state index contributed by atoms with van der Waals surface area (Å²) in [4.78, 5) is 4.44. The van der Waals surface area contributed by atoms with Crippen LogP contribution in [-0.2, 0) is 0 Å². The summed E-state index contributed by atoms with van der Waals surface area (Å²) in [6.45, 7) is 2.14. The van der Waals surface area contributed by atoms with Crippen molar-refractivity contribution < 1.29 is 0 Å². The normalized spacial score (nSPS) is 11.3. The van der Waals surface area contributed by atoms with Gasteiger partial charge in [0.2, 0.25) is 0 Å². The summed E-state index contributed by atoms with van der Waals surface area (Å²) in [5, 5.41) is 1.25. The monoisotopic (exact) mass is 277 g/mol. The van der Waals surface area contributed by atoms with E-state index >= 15 is 0 Å². The number of aromatic nitrogens is 1. The molecule has 0 aliphatic carbocycles. The van der Waals surface area contributed by atoms with Gasteiger partial charge in [0.25, 0.3) is 0 Å². The largest absolute Gasteiger partial charge is 0.255 e. The molecule has 0 fully saturated rings. The third kappa shape index (κ3) is 1.38. The number of fused-ring (bicyclic) bond motifs is 3. The van der Waals surface area contributed by atoms with Crippen LogP contribution >= 0.6 is 27.3 Å². The Morgan fingerprint density at radius 1 is 1.33 bits per heavy atom. The molecule has 2 heterocycles. The number of pyridine rings is 1. The SMILES string of the molecule is Cc1cc(Br)cc2c1sc1cccnc12. The standard InChI is InChI=1S/C12H8BrNS/c1-7-5-8(13)6-9-11-10(15-12(7)9)3-2-4-14-11/h2-6H,1H3. The Hall–Kier alpha value is -0.930. The third-order valence-electron chi connectivity index (χ3n) is 2.48. The number of hydrogen-bond donors (Lipinski definition) is 0. The van der Waals surface area contributed by atoms with Crippen LogP contribution in [0, 0.1) is 6.92 Å². The summed E-state index contributed by atoms with van der Waals surface area (Å²) in [6, 6.07) is 8.41. The van der Waals surface area contributed by atoms with Crippen LogP contribution in [0.3, 0.4) is 0 Å². The number of aryl methyl sites for hydroxylation is 1. The van der Waals surface area contributed by atoms with Crippen molar-refractivity contribution in [3.63, 3.8) is 0 Å². The molecule has 74 valence electrons. The highest BCUT2D eigenvalue weighted by Crippen LogP contribution is 2.36. The lowest BCUT2D eigenvalue weighted by Crippen LogP contribution is -1.75. The van der Waals surface area contributed by atoms with Gasteiger partial charge in [0.15, 0.2) is 0 Å². The van der Waals surface area contributed by atoms with Gasteiger partial charge in [0.1, 0.15) is 0 Å². The minimum atomic E-state index is 1.11. The number of hydrogen-bond acceptors (Lipinski definition) is 2. The van der Waals surface area contributed by atoms with Crippen LogP contribution in [0.4, 0.5) is 0 Å². The molecular weight excluding hydrogens is 270 g/mol. The van der Waals surface area contributed by atoms with E-state index in [1.54, 1.807) is 0 Å². The molecule has 3 aromatic rings. The Morgan fingerprint density at radius 3 is 3.07 bits per heavy atom.